The molecule has 3 rings (SSSR count). The Morgan fingerprint density at radius 2 is 2.55 bits per heavy atom. The summed E-state index contributed by atoms with van der Waals surface area (Å²) in [5, 5.41) is 15.2. The van der Waals surface area contributed by atoms with Gasteiger partial charge in [0.1, 0.15) is 10.6 Å². The molecule has 1 saturated heterocycles. The number of aromatic nitrogens is 4. The number of H-pyrrole nitrogens is 1. The van der Waals surface area contributed by atoms with Gasteiger partial charge in [-0.3, -0.25) is 14.5 Å². The number of rotatable bonds is 5. The molecule has 0 aromatic carbocycles. The lowest BCUT2D eigenvalue weighted by Crippen LogP contribution is -2.79. The van der Waals surface area contributed by atoms with Gasteiger partial charge >= 0.3 is 0 Å². The molecule has 0 aliphatic carbocycles. The molecule has 9 nitrogen and oxygen atoms in total. The molecule has 0 radical (unpaired) electrons. The Labute approximate surface area is 134 Å². The number of hydrogen-bond acceptors (Lipinski definition) is 8. The predicted octanol–water partition coefficient (Wildman–Crippen LogP) is -0.508. The van der Waals surface area contributed by atoms with Crippen molar-refractivity contribution < 1.29 is 14.3 Å². The largest absolute Gasteiger partial charge is 0.348 e. The molecule has 0 saturated carbocycles. The standard InChI is InChI=1S/C11H14N6O3S2/c1-20-11(9(19)17-4-3-5-22-10(11)17)12-8(18)6(21-2)7-13-15-16-14-7/h3-4,6,10H,5H2,1-2H3,(H,12,18)(H,13,14,15,16)/t6?,10-,11-/m0/s1. The average Bonchev–Trinajstić information content (AvgIpc) is 3.07. The summed E-state index contributed by atoms with van der Waals surface area (Å²) in [6.45, 7) is 0. The van der Waals surface area contributed by atoms with Gasteiger partial charge in [-0.1, -0.05) is 11.3 Å². The lowest BCUT2D eigenvalue weighted by molar-refractivity contribution is -0.189. The molecule has 2 aliphatic heterocycles. The van der Waals surface area contributed by atoms with Crippen LogP contribution in [0.25, 0.3) is 0 Å². The van der Waals surface area contributed by atoms with Crippen molar-refractivity contribution in [1.82, 2.24) is 30.8 Å². The molecule has 1 aromatic heterocycles. The van der Waals surface area contributed by atoms with Gasteiger partial charge in [-0.2, -0.15) is 5.21 Å². The van der Waals surface area contributed by atoms with Crippen LogP contribution in [-0.2, 0) is 14.3 Å². The smallest absolute Gasteiger partial charge is 0.284 e. The van der Waals surface area contributed by atoms with Gasteiger partial charge in [0.25, 0.3) is 11.6 Å². The van der Waals surface area contributed by atoms with Crippen LogP contribution >= 0.6 is 23.5 Å². The van der Waals surface area contributed by atoms with E-state index in [9.17, 15) is 9.59 Å². The van der Waals surface area contributed by atoms with Crippen molar-refractivity contribution in [3.63, 3.8) is 0 Å². The van der Waals surface area contributed by atoms with E-state index in [4.69, 9.17) is 4.74 Å². The van der Waals surface area contributed by atoms with Crippen molar-refractivity contribution >= 4 is 35.3 Å². The predicted molar refractivity (Wildman–Crippen MR) is 80.5 cm³/mol. The maximum Gasteiger partial charge on any atom is 0.284 e. The highest BCUT2D eigenvalue weighted by atomic mass is 32.2. The maximum atomic E-state index is 12.5. The number of methoxy groups -OCH3 is 1. The average molecular weight is 342 g/mol. The van der Waals surface area contributed by atoms with Gasteiger partial charge < -0.3 is 10.1 Å². The van der Waals surface area contributed by atoms with Crippen LogP contribution in [0.3, 0.4) is 0 Å². The first kappa shape index (κ1) is 15.3. The summed E-state index contributed by atoms with van der Waals surface area (Å²) in [6.07, 6.45) is 5.37. The minimum Gasteiger partial charge on any atom is -0.348 e. The van der Waals surface area contributed by atoms with Gasteiger partial charge in [0.2, 0.25) is 5.91 Å². The third kappa shape index (κ3) is 2.20. The molecular weight excluding hydrogens is 328 g/mol. The highest BCUT2D eigenvalue weighted by Crippen LogP contribution is 2.42. The van der Waals surface area contributed by atoms with Crippen LogP contribution in [0.1, 0.15) is 11.1 Å². The molecule has 22 heavy (non-hydrogen) atoms. The van der Waals surface area contributed by atoms with E-state index in [0.29, 0.717) is 0 Å². The number of aromatic amines is 1. The zero-order chi connectivity index (χ0) is 15.7. The van der Waals surface area contributed by atoms with Crippen LogP contribution < -0.4 is 5.32 Å². The van der Waals surface area contributed by atoms with Crippen molar-refractivity contribution in [1.29, 1.82) is 0 Å². The lowest BCUT2D eigenvalue weighted by atomic mass is 10.0. The fraction of sp³-hybridized carbons (Fsp3) is 0.545. The first-order valence-electron chi connectivity index (χ1n) is 6.38. The number of β-lactam (4-membered cyclic amide) rings is 1. The van der Waals surface area contributed by atoms with Crippen molar-refractivity contribution in [2.45, 2.75) is 16.3 Å². The number of carbonyl (C=O) groups excluding carboxylic acids is 2. The normalized spacial score (nSPS) is 28.0. The van der Waals surface area contributed by atoms with Crippen LogP contribution in [0.4, 0.5) is 0 Å². The number of carbonyl (C=O) groups is 2. The Morgan fingerprint density at radius 1 is 1.73 bits per heavy atom. The summed E-state index contributed by atoms with van der Waals surface area (Å²) in [5.41, 5.74) is -1.34. The molecule has 2 amide bonds. The number of amides is 2. The second kappa shape index (κ2) is 5.89. The van der Waals surface area contributed by atoms with Crippen molar-refractivity contribution in [2.75, 3.05) is 19.1 Å². The third-order valence-corrected chi connectivity index (χ3v) is 5.63. The Kier molecular flexibility index (Phi) is 4.10. The number of nitrogens with zero attached hydrogens (tertiary/aromatic N) is 4. The summed E-state index contributed by atoms with van der Waals surface area (Å²) in [6, 6.07) is 0. The van der Waals surface area contributed by atoms with Gasteiger partial charge in [-0.05, 0) is 6.26 Å². The van der Waals surface area contributed by atoms with E-state index in [0.717, 1.165) is 5.75 Å². The molecule has 1 unspecified atom stereocenters. The molecule has 0 bridgehead atoms. The zero-order valence-corrected chi connectivity index (χ0v) is 13.5. The number of thioether (sulfide) groups is 2. The lowest BCUT2D eigenvalue weighted by Gasteiger charge is -2.53. The van der Waals surface area contributed by atoms with Gasteiger partial charge in [0, 0.05) is 19.1 Å². The second-order valence-corrected chi connectivity index (χ2v) is 6.65. The fourth-order valence-corrected chi connectivity index (χ4v) is 4.17. The maximum absolute atomic E-state index is 12.5. The third-order valence-electron chi connectivity index (χ3n) is 3.47. The van der Waals surface area contributed by atoms with E-state index in [1.165, 1.54) is 30.6 Å². The van der Waals surface area contributed by atoms with Crippen LogP contribution in [0.2, 0.25) is 0 Å². The van der Waals surface area contributed by atoms with Gasteiger partial charge in [0.15, 0.2) is 5.82 Å². The van der Waals surface area contributed by atoms with Crippen molar-refractivity contribution in [3.05, 3.63) is 18.1 Å². The molecule has 2 aliphatic rings. The van der Waals surface area contributed by atoms with Crippen LogP contribution in [-0.4, -0.2) is 67.6 Å². The van der Waals surface area contributed by atoms with Crippen LogP contribution in [0.15, 0.2) is 12.3 Å². The first-order valence-corrected chi connectivity index (χ1v) is 8.72. The van der Waals surface area contributed by atoms with Gasteiger partial charge in [-0.25, -0.2) is 0 Å². The number of tetrazole rings is 1. The molecule has 118 valence electrons. The molecule has 1 fully saturated rings. The number of fused-ring (bicyclic) bond motifs is 1. The number of nitrogens with one attached hydrogen (secondary N) is 2. The summed E-state index contributed by atoms with van der Waals surface area (Å²) >= 11 is 2.78. The molecule has 1 aromatic rings. The summed E-state index contributed by atoms with van der Waals surface area (Å²) in [5.74, 6) is 0.339. The fourth-order valence-electron chi connectivity index (χ4n) is 2.39. The summed E-state index contributed by atoms with van der Waals surface area (Å²) in [7, 11) is 1.41. The van der Waals surface area contributed by atoms with E-state index in [1.54, 1.807) is 17.4 Å². The van der Waals surface area contributed by atoms with E-state index in [1.807, 2.05) is 6.08 Å². The minimum atomic E-state index is -1.34. The molecule has 0 spiro atoms. The molecule has 11 heteroatoms. The van der Waals surface area contributed by atoms with E-state index in [-0.39, 0.29) is 23.0 Å². The topological polar surface area (TPSA) is 113 Å². The van der Waals surface area contributed by atoms with E-state index >= 15 is 0 Å². The Balaban J connectivity index is 1.80. The number of ether oxygens (including phenoxy) is 1. The quantitative estimate of drug-likeness (QED) is 0.543. The highest BCUT2D eigenvalue weighted by Gasteiger charge is 2.63. The van der Waals surface area contributed by atoms with E-state index in [2.05, 4.69) is 25.9 Å². The Morgan fingerprint density at radius 3 is 3.18 bits per heavy atom. The summed E-state index contributed by atoms with van der Waals surface area (Å²) < 4.78 is 5.39. The van der Waals surface area contributed by atoms with Crippen molar-refractivity contribution in [2.24, 2.45) is 0 Å². The van der Waals surface area contributed by atoms with Crippen molar-refractivity contribution in [3.8, 4) is 0 Å². The Bertz CT molecular complexity index is 609. The number of hydrogen-bond donors (Lipinski definition) is 2. The first-order chi connectivity index (χ1) is 10.6. The minimum absolute atomic E-state index is 0.260. The second-order valence-electron chi connectivity index (χ2n) is 4.60. The molecule has 3 atom stereocenters. The zero-order valence-electron chi connectivity index (χ0n) is 11.8. The molecular formula is C11H14N6O3S2. The highest BCUT2D eigenvalue weighted by molar-refractivity contribution is 8.00. The van der Waals surface area contributed by atoms with Gasteiger partial charge in [-0.15, -0.1) is 33.7 Å². The van der Waals surface area contributed by atoms with E-state index < -0.39 is 11.0 Å². The Hall–Kier alpha value is -1.59. The van der Waals surface area contributed by atoms with Crippen LogP contribution in [0.5, 0.6) is 0 Å². The van der Waals surface area contributed by atoms with Crippen LogP contribution in [0, 0.1) is 0 Å². The molecule has 3 heterocycles. The molecule has 2 N–H and O–H groups in total. The monoisotopic (exact) mass is 342 g/mol. The summed E-state index contributed by atoms with van der Waals surface area (Å²) in [4.78, 5) is 26.4. The SMILES string of the molecule is CO[C@@]1(NC(=O)C(SC)c2nn[nH]n2)C(=O)N2C=CCS[C@H]21. The van der Waals surface area contributed by atoms with Gasteiger partial charge in [0.05, 0.1) is 0 Å².